The van der Waals surface area contributed by atoms with Crippen LogP contribution in [0.4, 0.5) is 5.82 Å². The Balaban J connectivity index is 1.36. The zero-order valence-corrected chi connectivity index (χ0v) is 30.3. The van der Waals surface area contributed by atoms with Gasteiger partial charge in [0.2, 0.25) is 17.9 Å². The summed E-state index contributed by atoms with van der Waals surface area (Å²) in [7, 11) is 2.71. The second kappa shape index (κ2) is 14.9. The van der Waals surface area contributed by atoms with Gasteiger partial charge in [0.15, 0.2) is 11.7 Å². The smallest absolute Gasteiger partial charge is 0.253 e. The Hall–Kier alpha value is -5.96. The Morgan fingerprint density at radius 3 is 2.38 bits per heavy atom. The number of aromatic hydroxyl groups is 1. The van der Waals surface area contributed by atoms with E-state index in [1.165, 1.54) is 44.6 Å². The predicted octanol–water partition coefficient (Wildman–Crippen LogP) is -1.54. The summed E-state index contributed by atoms with van der Waals surface area (Å²) in [6.45, 7) is -0.247. The number of aliphatic imine (C=N–C) groups is 1. The first-order valence-electron chi connectivity index (χ1n) is 17.1. The maximum Gasteiger partial charge on any atom is 0.253 e. The summed E-state index contributed by atoms with van der Waals surface area (Å²) in [5.41, 5.74) is 8.55. The van der Waals surface area contributed by atoms with E-state index in [9.17, 15) is 49.8 Å². The van der Waals surface area contributed by atoms with Crippen LogP contribution in [0.2, 0.25) is 0 Å². The molecule has 11 N–H and O–H groups in total. The van der Waals surface area contributed by atoms with Gasteiger partial charge in [0.1, 0.15) is 47.5 Å². The molecule has 56 heavy (non-hydrogen) atoms. The van der Waals surface area contributed by atoms with Crippen LogP contribution in [-0.2, 0) is 20.9 Å². The first-order chi connectivity index (χ1) is 26.5. The molecule has 2 aliphatic heterocycles. The number of ether oxygens (including phenoxy) is 3. The van der Waals surface area contributed by atoms with Gasteiger partial charge in [-0.3, -0.25) is 29.1 Å². The van der Waals surface area contributed by atoms with Gasteiger partial charge in [0.25, 0.3) is 11.8 Å². The molecule has 19 nitrogen and oxygen atoms in total. The van der Waals surface area contributed by atoms with Gasteiger partial charge in [-0.1, -0.05) is 0 Å². The number of guanidine groups is 1. The number of aliphatic hydroxyl groups is 5. The largest absolute Gasteiger partial charge is 0.507 e. The van der Waals surface area contributed by atoms with Gasteiger partial charge < -0.3 is 61.6 Å². The Morgan fingerprint density at radius 1 is 1.07 bits per heavy atom. The average molecular weight is 777 g/mol. The standard InChI is InChI=1S/C37H40N6O13/c1-16-8-20-28(30(48)22(16)13-42-35(39)40-2)31(49)27-21(29(20)47)10-19(54-3)11-23(27)55-34-32(50)33(51)36(52,37(53,15-44)56-34)12-18(17-6-7-41-24(38)9-17)14-43-25(45)4-5-26(43)46/h4-11,18,32-34,44,48,50-53H,12-15H2,1-3H3,(H2,38,41)(H3,39,40,42). The highest BCUT2D eigenvalue weighted by Crippen LogP contribution is 2.46. The summed E-state index contributed by atoms with van der Waals surface area (Å²) < 4.78 is 16.9. The molecule has 0 spiro atoms. The second-order valence-corrected chi connectivity index (χ2v) is 13.6. The minimum absolute atomic E-state index is 0.000762. The number of rotatable bonds is 11. The number of imide groups is 1. The topological polar surface area (TPSA) is 310 Å². The lowest BCUT2D eigenvalue weighted by Crippen LogP contribution is -2.75. The van der Waals surface area contributed by atoms with Crippen LogP contribution in [0.3, 0.4) is 0 Å². The SMILES string of the molecule is CN=C(N)NCc1c(C)cc2c(c1O)C(=O)c1c(OC3OC(O)(CO)C(O)(CC(CN4C(=O)C=CC4=O)c4ccnc(N)c4)C(O)C3O)cc(OC)cc1C2=O. The van der Waals surface area contributed by atoms with E-state index in [0.717, 1.165) is 23.1 Å². The number of nitrogen functional groups attached to an aromatic ring is 1. The lowest BCUT2D eigenvalue weighted by molar-refractivity contribution is -0.420. The fourth-order valence-electron chi connectivity index (χ4n) is 7.13. The Morgan fingerprint density at radius 2 is 1.75 bits per heavy atom. The van der Waals surface area contributed by atoms with Crippen molar-refractivity contribution >= 4 is 35.2 Å². The van der Waals surface area contributed by atoms with E-state index in [2.05, 4.69) is 15.3 Å². The van der Waals surface area contributed by atoms with E-state index in [4.69, 9.17) is 25.7 Å². The molecule has 6 atom stereocenters. The lowest BCUT2D eigenvalue weighted by atomic mass is 9.74. The average Bonchev–Trinajstić information content (AvgIpc) is 3.49. The normalized spacial score (nSPS) is 25.2. The number of hydrogen-bond donors (Lipinski definition) is 9. The van der Waals surface area contributed by atoms with Crippen molar-refractivity contribution in [3.8, 4) is 17.2 Å². The molecule has 0 radical (unpaired) electrons. The molecule has 2 aromatic carbocycles. The number of phenols is 1. The highest BCUT2D eigenvalue weighted by atomic mass is 16.8. The zero-order chi connectivity index (χ0) is 40.9. The molecule has 2 amide bonds. The van der Waals surface area contributed by atoms with E-state index in [-0.39, 0.29) is 46.3 Å². The van der Waals surface area contributed by atoms with Crippen molar-refractivity contribution in [3.05, 3.63) is 87.6 Å². The van der Waals surface area contributed by atoms with Gasteiger partial charge in [-0.2, -0.15) is 0 Å². The van der Waals surface area contributed by atoms with Crippen LogP contribution in [-0.4, -0.2) is 127 Å². The minimum atomic E-state index is -3.13. The number of methoxy groups -OCH3 is 1. The van der Waals surface area contributed by atoms with Crippen LogP contribution in [0, 0.1) is 6.92 Å². The van der Waals surface area contributed by atoms with Gasteiger partial charge in [-0.05, 0) is 48.7 Å². The number of carbonyl (C=O) groups is 4. The number of aliphatic hydroxyl groups excluding tert-OH is 3. The van der Waals surface area contributed by atoms with Crippen molar-refractivity contribution in [1.82, 2.24) is 15.2 Å². The molecule has 1 aromatic heterocycles. The fourth-order valence-corrected chi connectivity index (χ4v) is 7.13. The number of amides is 2. The highest BCUT2D eigenvalue weighted by molar-refractivity contribution is 6.30. The quantitative estimate of drug-likeness (QED) is 0.0474. The number of phenolic OH excluding ortho intramolecular Hbond substituents is 1. The van der Waals surface area contributed by atoms with Crippen molar-refractivity contribution in [2.24, 2.45) is 10.7 Å². The third-order valence-corrected chi connectivity index (χ3v) is 10.2. The highest BCUT2D eigenvalue weighted by Gasteiger charge is 2.65. The van der Waals surface area contributed by atoms with E-state index >= 15 is 0 Å². The first-order valence-corrected chi connectivity index (χ1v) is 17.1. The van der Waals surface area contributed by atoms with Gasteiger partial charge in [-0.25, -0.2) is 4.98 Å². The van der Waals surface area contributed by atoms with Crippen LogP contribution >= 0.6 is 0 Å². The molecule has 1 saturated heterocycles. The van der Waals surface area contributed by atoms with Crippen molar-refractivity contribution in [1.29, 1.82) is 0 Å². The molecule has 0 saturated carbocycles. The number of nitrogens with one attached hydrogen (secondary N) is 1. The molecule has 6 unspecified atom stereocenters. The summed E-state index contributed by atoms with van der Waals surface area (Å²) >= 11 is 0. The van der Waals surface area contributed by atoms with Crippen molar-refractivity contribution in [2.45, 2.75) is 55.7 Å². The Labute approximate surface area is 318 Å². The van der Waals surface area contributed by atoms with Gasteiger partial charge in [0, 0.05) is 67.2 Å². The molecule has 3 aliphatic rings. The maximum absolute atomic E-state index is 14.2. The first kappa shape index (κ1) is 39.7. The third-order valence-electron chi connectivity index (χ3n) is 10.2. The predicted molar refractivity (Wildman–Crippen MR) is 193 cm³/mol. The number of nitrogens with zero attached hydrogens (tertiary/aromatic N) is 3. The number of pyridine rings is 1. The van der Waals surface area contributed by atoms with E-state index in [1.807, 2.05) is 0 Å². The van der Waals surface area contributed by atoms with Crippen LogP contribution in [0.5, 0.6) is 17.2 Å². The molecule has 1 fully saturated rings. The number of carbonyl (C=O) groups excluding carboxylic acids is 4. The number of fused-ring (bicyclic) bond motifs is 2. The number of aryl methyl sites for hydroxylation is 1. The summed E-state index contributed by atoms with van der Waals surface area (Å²) in [6, 6.07) is 6.68. The Kier molecular flexibility index (Phi) is 10.6. The molecule has 3 aromatic rings. The number of ketones is 2. The van der Waals surface area contributed by atoms with Crippen molar-refractivity contribution in [3.63, 3.8) is 0 Å². The molecule has 1 aliphatic carbocycles. The summed E-state index contributed by atoms with van der Waals surface area (Å²) in [6.07, 6.45) is -4.14. The molecule has 6 rings (SSSR count). The van der Waals surface area contributed by atoms with Crippen LogP contribution in [0.1, 0.15) is 60.9 Å². The fraction of sp³-hybridized carbons (Fsp3) is 0.351. The maximum atomic E-state index is 14.2. The van der Waals surface area contributed by atoms with E-state index in [1.54, 1.807) is 6.92 Å². The lowest BCUT2D eigenvalue weighted by Gasteiger charge is -2.53. The molecule has 0 bridgehead atoms. The van der Waals surface area contributed by atoms with Crippen molar-refractivity contribution < 1.29 is 64.0 Å². The number of nitrogens with two attached hydrogens (primary N) is 2. The number of aromatic nitrogens is 1. The number of anilines is 1. The van der Waals surface area contributed by atoms with E-state index in [0.29, 0.717) is 11.1 Å². The number of benzene rings is 2. The second-order valence-electron chi connectivity index (χ2n) is 13.6. The van der Waals surface area contributed by atoms with Gasteiger partial charge in [-0.15, -0.1) is 0 Å². The van der Waals surface area contributed by atoms with Crippen molar-refractivity contribution in [2.75, 3.05) is 33.0 Å². The molecule has 3 heterocycles. The monoisotopic (exact) mass is 776 g/mol. The van der Waals surface area contributed by atoms with Gasteiger partial charge in [0.05, 0.1) is 18.2 Å². The molecular formula is C37H40N6O13. The molecular weight excluding hydrogens is 736 g/mol. The molecule has 296 valence electrons. The summed E-state index contributed by atoms with van der Waals surface area (Å²) in [4.78, 5) is 61.7. The summed E-state index contributed by atoms with van der Waals surface area (Å²) in [5.74, 6) is -8.09. The summed E-state index contributed by atoms with van der Waals surface area (Å²) in [5, 5.41) is 71.4. The Bertz CT molecular complexity index is 2180. The third kappa shape index (κ3) is 6.69. The van der Waals surface area contributed by atoms with Crippen LogP contribution < -0.4 is 26.3 Å². The zero-order valence-electron chi connectivity index (χ0n) is 30.3. The van der Waals surface area contributed by atoms with Crippen LogP contribution in [0.15, 0.2) is 53.7 Å². The number of hydrogen-bond acceptors (Lipinski definition) is 16. The molecule has 19 heteroatoms. The van der Waals surface area contributed by atoms with Crippen LogP contribution in [0.25, 0.3) is 0 Å². The van der Waals surface area contributed by atoms with Gasteiger partial charge >= 0.3 is 0 Å². The minimum Gasteiger partial charge on any atom is -0.507 e. The van der Waals surface area contributed by atoms with E-state index < -0.39 is 95.8 Å².